The van der Waals surface area contributed by atoms with Crippen LogP contribution in [0.25, 0.3) is 6.08 Å². The summed E-state index contributed by atoms with van der Waals surface area (Å²) in [6.45, 7) is 3.80. The predicted molar refractivity (Wildman–Crippen MR) is 131 cm³/mol. The van der Waals surface area contributed by atoms with E-state index < -0.39 is 11.9 Å². The van der Waals surface area contributed by atoms with Crippen molar-refractivity contribution in [1.82, 2.24) is 4.90 Å². The van der Waals surface area contributed by atoms with E-state index >= 15 is 0 Å². The average Bonchev–Trinajstić information content (AvgIpc) is 2.81. The standard InChI is InChI=1S/C26H31N3O5/c1-3-4-5-6-15-29(17-23(30)31)25(32)18(2)16-19-7-9-21(10-8-19)26(33)34-22-13-11-20(12-14-22)24(27)28/h7-14,16H,3-6,15,17H2,1-2H3,(H3,27,28)(H,30,31). The number of carbonyl (C=O) groups is 3. The molecular formula is C26H31N3O5. The third-order valence-electron chi connectivity index (χ3n) is 5.14. The number of rotatable bonds is 12. The highest BCUT2D eigenvalue weighted by Crippen LogP contribution is 2.16. The molecule has 0 spiro atoms. The first-order valence-electron chi connectivity index (χ1n) is 11.2. The Hall–Kier alpha value is -3.94. The maximum atomic E-state index is 12.8. The molecule has 2 aromatic carbocycles. The van der Waals surface area contributed by atoms with Crippen LogP contribution in [0.3, 0.4) is 0 Å². The van der Waals surface area contributed by atoms with E-state index in [0.29, 0.717) is 34.6 Å². The van der Waals surface area contributed by atoms with Gasteiger partial charge in [0.1, 0.15) is 18.1 Å². The molecule has 0 fully saturated rings. The van der Waals surface area contributed by atoms with Gasteiger partial charge >= 0.3 is 11.9 Å². The van der Waals surface area contributed by atoms with Gasteiger partial charge in [-0.1, -0.05) is 38.3 Å². The van der Waals surface area contributed by atoms with Crippen molar-refractivity contribution in [2.45, 2.75) is 39.5 Å². The zero-order valence-electron chi connectivity index (χ0n) is 19.5. The molecule has 2 rings (SSSR count). The van der Waals surface area contributed by atoms with Crippen LogP contribution in [0.15, 0.2) is 54.1 Å². The molecule has 0 atom stereocenters. The summed E-state index contributed by atoms with van der Waals surface area (Å²) in [7, 11) is 0. The molecule has 2 aromatic rings. The molecule has 0 heterocycles. The SMILES string of the molecule is CCCCCCN(CC(=O)O)C(=O)C(C)=Cc1ccc(C(=O)Oc2ccc(C(=N)N)cc2)cc1. The molecule has 0 aromatic heterocycles. The first-order valence-corrected chi connectivity index (χ1v) is 11.2. The van der Waals surface area contributed by atoms with Gasteiger partial charge in [-0.3, -0.25) is 15.0 Å². The van der Waals surface area contributed by atoms with Gasteiger partial charge in [0.05, 0.1) is 5.56 Å². The summed E-state index contributed by atoms with van der Waals surface area (Å²) in [5.74, 6) is -1.65. The number of carboxylic acids is 1. The summed E-state index contributed by atoms with van der Waals surface area (Å²) in [4.78, 5) is 37.7. The van der Waals surface area contributed by atoms with Crippen LogP contribution in [-0.2, 0) is 9.59 Å². The number of carbonyl (C=O) groups excluding carboxylic acids is 2. The number of esters is 1. The van der Waals surface area contributed by atoms with E-state index in [-0.39, 0.29) is 18.3 Å². The lowest BCUT2D eigenvalue weighted by molar-refractivity contribution is -0.143. The van der Waals surface area contributed by atoms with Gasteiger partial charge in [-0.15, -0.1) is 0 Å². The number of carboxylic acid groups (broad SMARTS) is 1. The molecule has 8 nitrogen and oxygen atoms in total. The normalized spacial score (nSPS) is 11.1. The fourth-order valence-electron chi connectivity index (χ4n) is 3.29. The second-order valence-electron chi connectivity index (χ2n) is 7.96. The van der Waals surface area contributed by atoms with Gasteiger partial charge in [-0.2, -0.15) is 0 Å². The number of hydrogen-bond donors (Lipinski definition) is 3. The summed E-state index contributed by atoms with van der Waals surface area (Å²) in [5, 5.41) is 16.6. The molecule has 0 aliphatic carbocycles. The minimum absolute atomic E-state index is 0.0714. The van der Waals surface area contributed by atoms with Crippen LogP contribution in [0.5, 0.6) is 5.75 Å². The summed E-state index contributed by atoms with van der Waals surface area (Å²) in [6.07, 6.45) is 5.47. The van der Waals surface area contributed by atoms with Crippen LogP contribution in [0, 0.1) is 5.41 Å². The number of aliphatic carboxylic acids is 1. The molecule has 0 unspecified atom stereocenters. The highest BCUT2D eigenvalue weighted by atomic mass is 16.5. The van der Waals surface area contributed by atoms with Crippen molar-refractivity contribution >= 4 is 29.8 Å². The summed E-state index contributed by atoms with van der Waals surface area (Å²) in [5.41, 5.74) is 7.40. The number of ether oxygens (including phenoxy) is 1. The number of hydrogen-bond acceptors (Lipinski definition) is 5. The lowest BCUT2D eigenvalue weighted by Crippen LogP contribution is -2.36. The molecule has 0 radical (unpaired) electrons. The molecule has 0 aliphatic rings. The molecule has 0 saturated carbocycles. The minimum Gasteiger partial charge on any atom is -0.480 e. The quantitative estimate of drug-likeness (QED) is 0.108. The highest BCUT2D eigenvalue weighted by molar-refractivity contribution is 5.99. The van der Waals surface area contributed by atoms with Crippen LogP contribution in [0.4, 0.5) is 0 Å². The van der Waals surface area contributed by atoms with Gasteiger partial charge < -0.3 is 20.5 Å². The predicted octanol–water partition coefficient (Wildman–Crippen LogP) is 4.09. The van der Waals surface area contributed by atoms with Gasteiger partial charge in [0.25, 0.3) is 0 Å². The van der Waals surface area contributed by atoms with E-state index in [4.69, 9.17) is 21.0 Å². The Bertz CT molecular complexity index is 1040. The molecule has 0 saturated heterocycles. The van der Waals surface area contributed by atoms with E-state index in [1.807, 2.05) is 0 Å². The topological polar surface area (TPSA) is 134 Å². The monoisotopic (exact) mass is 465 g/mol. The van der Waals surface area contributed by atoms with E-state index in [2.05, 4.69) is 6.92 Å². The molecule has 0 aliphatic heterocycles. The number of amidine groups is 1. The summed E-state index contributed by atoms with van der Waals surface area (Å²) < 4.78 is 5.34. The van der Waals surface area contributed by atoms with Crippen molar-refractivity contribution in [3.05, 3.63) is 70.8 Å². The molecule has 1 amide bonds. The Balaban J connectivity index is 2.04. The Morgan fingerprint density at radius 3 is 2.18 bits per heavy atom. The van der Waals surface area contributed by atoms with Gasteiger partial charge in [0.15, 0.2) is 0 Å². The van der Waals surface area contributed by atoms with Crippen molar-refractivity contribution in [3.63, 3.8) is 0 Å². The molecule has 0 bridgehead atoms. The van der Waals surface area contributed by atoms with Crippen molar-refractivity contribution < 1.29 is 24.2 Å². The zero-order chi connectivity index (χ0) is 25.1. The number of amides is 1. The first kappa shape index (κ1) is 26.3. The van der Waals surface area contributed by atoms with Crippen LogP contribution < -0.4 is 10.5 Å². The van der Waals surface area contributed by atoms with E-state index in [0.717, 1.165) is 25.7 Å². The van der Waals surface area contributed by atoms with Crippen LogP contribution in [0.2, 0.25) is 0 Å². The second-order valence-corrected chi connectivity index (χ2v) is 7.96. The fraction of sp³-hybridized carbons (Fsp3) is 0.308. The number of nitrogens with one attached hydrogen (secondary N) is 1. The Kier molecular flexibility index (Phi) is 10.0. The third kappa shape index (κ3) is 8.20. The van der Waals surface area contributed by atoms with Crippen LogP contribution in [-0.4, -0.2) is 46.8 Å². The maximum absolute atomic E-state index is 12.8. The van der Waals surface area contributed by atoms with Gasteiger partial charge in [0, 0.05) is 17.7 Å². The molecule has 8 heteroatoms. The number of nitrogens with zero attached hydrogens (tertiary/aromatic N) is 1. The van der Waals surface area contributed by atoms with E-state index in [1.165, 1.54) is 4.90 Å². The second kappa shape index (κ2) is 12.9. The number of unbranched alkanes of at least 4 members (excludes halogenated alkanes) is 3. The number of nitrogen functional groups attached to an aromatic ring is 1. The third-order valence-corrected chi connectivity index (χ3v) is 5.14. The smallest absolute Gasteiger partial charge is 0.343 e. The molecule has 180 valence electrons. The summed E-state index contributed by atoms with van der Waals surface area (Å²) >= 11 is 0. The van der Waals surface area contributed by atoms with Gasteiger partial charge in [-0.25, -0.2) is 4.79 Å². The zero-order valence-corrected chi connectivity index (χ0v) is 19.5. The minimum atomic E-state index is -1.05. The average molecular weight is 466 g/mol. The van der Waals surface area contributed by atoms with Crippen molar-refractivity contribution in [1.29, 1.82) is 5.41 Å². The molecule has 34 heavy (non-hydrogen) atoms. The van der Waals surface area contributed by atoms with Crippen LogP contribution >= 0.6 is 0 Å². The van der Waals surface area contributed by atoms with Crippen molar-refractivity contribution in [3.8, 4) is 5.75 Å². The molecule has 4 N–H and O–H groups in total. The Labute approximate surface area is 199 Å². The fourth-order valence-corrected chi connectivity index (χ4v) is 3.29. The number of benzene rings is 2. The van der Waals surface area contributed by atoms with E-state index in [9.17, 15) is 14.4 Å². The van der Waals surface area contributed by atoms with Crippen LogP contribution in [0.1, 0.15) is 61.0 Å². The van der Waals surface area contributed by atoms with Crippen molar-refractivity contribution in [2.24, 2.45) is 5.73 Å². The van der Waals surface area contributed by atoms with E-state index in [1.54, 1.807) is 61.5 Å². The Morgan fingerprint density at radius 1 is 1.00 bits per heavy atom. The summed E-state index contributed by atoms with van der Waals surface area (Å²) in [6, 6.07) is 12.9. The first-order chi connectivity index (χ1) is 16.2. The van der Waals surface area contributed by atoms with Gasteiger partial charge in [0.2, 0.25) is 5.91 Å². The molecular weight excluding hydrogens is 434 g/mol. The lowest BCUT2D eigenvalue weighted by Gasteiger charge is -2.21. The number of nitrogens with two attached hydrogens (primary N) is 1. The van der Waals surface area contributed by atoms with Gasteiger partial charge in [-0.05, 0) is 61.4 Å². The lowest BCUT2D eigenvalue weighted by atomic mass is 10.1. The highest BCUT2D eigenvalue weighted by Gasteiger charge is 2.18. The Morgan fingerprint density at radius 2 is 1.62 bits per heavy atom. The largest absolute Gasteiger partial charge is 0.480 e. The van der Waals surface area contributed by atoms with Crippen molar-refractivity contribution in [2.75, 3.05) is 13.1 Å². The maximum Gasteiger partial charge on any atom is 0.343 e.